The predicted molar refractivity (Wildman–Crippen MR) is 89.7 cm³/mol. The lowest BCUT2D eigenvalue weighted by atomic mass is 10.1. The number of halogens is 3. The van der Waals surface area contributed by atoms with Gasteiger partial charge in [-0.2, -0.15) is 0 Å². The van der Waals surface area contributed by atoms with E-state index in [0.29, 0.717) is 17.2 Å². The third kappa shape index (κ3) is 4.79. The number of hydrogen-bond donors (Lipinski definition) is 2. The fourth-order valence-corrected chi connectivity index (χ4v) is 2.15. The highest BCUT2D eigenvalue weighted by molar-refractivity contribution is 5.94. The third-order valence-corrected chi connectivity index (χ3v) is 3.40. The van der Waals surface area contributed by atoms with Crippen LogP contribution in [0.4, 0.5) is 18.9 Å². The second kappa shape index (κ2) is 8.27. The molecule has 0 amide bonds. The molecule has 0 atom stereocenters. The van der Waals surface area contributed by atoms with Gasteiger partial charge >= 0.3 is 0 Å². The van der Waals surface area contributed by atoms with E-state index in [9.17, 15) is 13.2 Å². The minimum atomic E-state index is -1.49. The fraction of sp³-hybridized carbons (Fsp3) is 0.235. The van der Waals surface area contributed by atoms with Crippen molar-refractivity contribution in [2.24, 2.45) is 10.7 Å². The predicted octanol–water partition coefficient (Wildman–Crippen LogP) is 3.09. The molecule has 2 rings (SSSR count). The van der Waals surface area contributed by atoms with E-state index in [0.717, 1.165) is 12.1 Å². The Morgan fingerprint density at radius 1 is 1.08 bits per heavy atom. The van der Waals surface area contributed by atoms with Crippen molar-refractivity contribution < 1.29 is 22.6 Å². The van der Waals surface area contributed by atoms with Crippen LogP contribution in [0.15, 0.2) is 35.3 Å². The number of hydrogen-bond acceptors (Lipinski definition) is 3. The van der Waals surface area contributed by atoms with Gasteiger partial charge in [0.2, 0.25) is 0 Å². The van der Waals surface area contributed by atoms with Gasteiger partial charge in [0, 0.05) is 12.6 Å². The lowest BCUT2D eigenvalue weighted by Gasteiger charge is -2.12. The summed E-state index contributed by atoms with van der Waals surface area (Å²) in [7, 11) is 3.04. The summed E-state index contributed by atoms with van der Waals surface area (Å²) in [6.07, 6.45) is 0.200. The summed E-state index contributed by atoms with van der Waals surface area (Å²) < 4.78 is 49.6. The molecule has 0 aromatic heterocycles. The van der Waals surface area contributed by atoms with Gasteiger partial charge < -0.3 is 20.5 Å². The van der Waals surface area contributed by atoms with E-state index >= 15 is 0 Å². The molecule has 25 heavy (non-hydrogen) atoms. The Morgan fingerprint density at radius 3 is 2.36 bits per heavy atom. The molecule has 2 aromatic rings. The Bertz CT molecular complexity index is 759. The first-order valence-electron chi connectivity index (χ1n) is 7.37. The van der Waals surface area contributed by atoms with Crippen molar-refractivity contribution in [1.29, 1.82) is 0 Å². The van der Waals surface area contributed by atoms with Gasteiger partial charge in [-0.3, -0.25) is 4.99 Å². The summed E-state index contributed by atoms with van der Waals surface area (Å²) in [6, 6.07) is 6.99. The van der Waals surface area contributed by atoms with Crippen LogP contribution in [0.2, 0.25) is 0 Å². The average molecular weight is 353 g/mol. The number of benzene rings is 2. The summed E-state index contributed by atoms with van der Waals surface area (Å²) in [6.45, 7) is 0.162. The molecule has 134 valence electrons. The van der Waals surface area contributed by atoms with Gasteiger partial charge in [0.15, 0.2) is 23.4 Å². The Balaban J connectivity index is 2.03. The molecule has 0 saturated heterocycles. The van der Waals surface area contributed by atoms with Crippen molar-refractivity contribution in [3.05, 3.63) is 53.3 Å². The van der Waals surface area contributed by atoms with Crippen molar-refractivity contribution in [3.8, 4) is 11.5 Å². The van der Waals surface area contributed by atoms with Crippen LogP contribution in [0.3, 0.4) is 0 Å². The van der Waals surface area contributed by atoms with Gasteiger partial charge in [0.05, 0.1) is 19.9 Å². The maximum Gasteiger partial charge on any atom is 0.194 e. The van der Waals surface area contributed by atoms with Crippen molar-refractivity contribution in [3.63, 3.8) is 0 Å². The topological polar surface area (TPSA) is 68.9 Å². The van der Waals surface area contributed by atoms with E-state index in [4.69, 9.17) is 15.2 Å². The van der Waals surface area contributed by atoms with Crippen LogP contribution in [0.25, 0.3) is 0 Å². The molecule has 0 aliphatic rings. The molecular formula is C17H18F3N3O2. The first-order valence-corrected chi connectivity index (χ1v) is 7.37. The first kappa shape index (κ1) is 18.4. The van der Waals surface area contributed by atoms with E-state index in [1.54, 1.807) is 18.2 Å². The van der Waals surface area contributed by atoms with Crippen molar-refractivity contribution >= 4 is 11.6 Å². The van der Waals surface area contributed by atoms with Crippen LogP contribution >= 0.6 is 0 Å². The molecule has 3 N–H and O–H groups in total. The summed E-state index contributed by atoms with van der Waals surface area (Å²) >= 11 is 0. The number of methoxy groups -OCH3 is 2. The quantitative estimate of drug-likeness (QED) is 0.476. The van der Waals surface area contributed by atoms with Gasteiger partial charge in [-0.1, -0.05) is 0 Å². The van der Waals surface area contributed by atoms with E-state index in [1.807, 2.05) is 0 Å². The smallest absolute Gasteiger partial charge is 0.194 e. The van der Waals surface area contributed by atoms with E-state index in [-0.39, 0.29) is 24.5 Å². The molecule has 5 nitrogen and oxygen atoms in total. The van der Waals surface area contributed by atoms with Crippen molar-refractivity contribution in [2.45, 2.75) is 6.42 Å². The Kier molecular flexibility index (Phi) is 6.10. The Morgan fingerprint density at radius 2 is 1.76 bits per heavy atom. The molecule has 0 saturated carbocycles. The van der Waals surface area contributed by atoms with Crippen LogP contribution in [0.1, 0.15) is 5.56 Å². The van der Waals surface area contributed by atoms with Gasteiger partial charge in [0.25, 0.3) is 0 Å². The molecule has 0 aliphatic heterocycles. The molecule has 0 radical (unpaired) electrons. The van der Waals surface area contributed by atoms with Crippen LogP contribution in [0.5, 0.6) is 11.5 Å². The molecular weight excluding hydrogens is 335 g/mol. The van der Waals surface area contributed by atoms with Crippen LogP contribution in [-0.4, -0.2) is 26.7 Å². The van der Waals surface area contributed by atoms with E-state index < -0.39 is 17.5 Å². The number of guanidine groups is 1. The number of nitrogens with two attached hydrogens (primary N) is 1. The number of aliphatic imine (C=N–C) groups is 1. The lowest BCUT2D eigenvalue weighted by Crippen LogP contribution is -2.23. The molecule has 2 aromatic carbocycles. The highest BCUT2D eigenvalue weighted by Gasteiger charge is 2.10. The third-order valence-electron chi connectivity index (χ3n) is 3.40. The second-order valence-corrected chi connectivity index (χ2v) is 5.08. The number of nitrogens with one attached hydrogen (secondary N) is 1. The number of anilines is 1. The molecule has 8 heteroatoms. The molecule has 0 spiro atoms. The van der Waals surface area contributed by atoms with E-state index in [2.05, 4.69) is 10.3 Å². The number of ether oxygens (including phenoxy) is 2. The Hall–Kier alpha value is -2.90. The zero-order valence-electron chi connectivity index (χ0n) is 13.8. The Labute approximate surface area is 143 Å². The molecule has 0 bridgehead atoms. The zero-order chi connectivity index (χ0) is 18.4. The maximum absolute atomic E-state index is 13.2. The normalized spacial score (nSPS) is 11.3. The fourth-order valence-electron chi connectivity index (χ4n) is 2.15. The van der Waals surface area contributed by atoms with Crippen molar-refractivity contribution in [2.75, 3.05) is 26.1 Å². The van der Waals surface area contributed by atoms with Crippen molar-refractivity contribution in [1.82, 2.24) is 0 Å². The largest absolute Gasteiger partial charge is 0.497 e. The van der Waals surface area contributed by atoms with Crippen LogP contribution < -0.4 is 20.5 Å². The lowest BCUT2D eigenvalue weighted by molar-refractivity contribution is 0.405. The highest BCUT2D eigenvalue weighted by atomic mass is 19.2. The summed E-state index contributed by atoms with van der Waals surface area (Å²) in [5, 5.41) is 2.87. The average Bonchev–Trinajstić information content (AvgIpc) is 2.59. The van der Waals surface area contributed by atoms with Crippen LogP contribution in [-0.2, 0) is 6.42 Å². The van der Waals surface area contributed by atoms with Gasteiger partial charge in [-0.05, 0) is 36.2 Å². The SMILES string of the molecule is COc1ccc(OC)c(NC(N)=NCCc2cc(F)c(F)c(F)c2)c1. The van der Waals surface area contributed by atoms with Gasteiger partial charge in [-0.15, -0.1) is 0 Å². The van der Waals surface area contributed by atoms with Gasteiger partial charge in [0.1, 0.15) is 11.5 Å². The summed E-state index contributed by atoms with van der Waals surface area (Å²) in [5.41, 5.74) is 6.64. The maximum atomic E-state index is 13.2. The van der Waals surface area contributed by atoms with Gasteiger partial charge in [-0.25, -0.2) is 13.2 Å². The minimum absolute atomic E-state index is 0.0922. The molecule has 0 unspecified atom stereocenters. The van der Waals surface area contributed by atoms with Crippen LogP contribution in [0, 0.1) is 17.5 Å². The molecule has 0 fully saturated rings. The monoisotopic (exact) mass is 353 g/mol. The first-order chi connectivity index (χ1) is 11.9. The highest BCUT2D eigenvalue weighted by Crippen LogP contribution is 2.28. The minimum Gasteiger partial charge on any atom is -0.497 e. The summed E-state index contributed by atoms with van der Waals surface area (Å²) in [4.78, 5) is 4.08. The number of rotatable bonds is 6. The number of nitrogens with zero attached hydrogens (tertiary/aromatic N) is 1. The zero-order valence-corrected chi connectivity index (χ0v) is 13.8. The molecule has 0 aliphatic carbocycles. The summed E-state index contributed by atoms with van der Waals surface area (Å²) in [5.74, 6) is -2.71. The second-order valence-electron chi connectivity index (χ2n) is 5.08. The van der Waals surface area contributed by atoms with E-state index in [1.165, 1.54) is 14.2 Å². The standard InChI is InChI=1S/C17H18F3N3O2/c1-24-11-3-4-15(25-2)14(9-11)23-17(21)22-6-5-10-7-12(18)16(20)13(19)8-10/h3-4,7-9H,5-6H2,1-2H3,(H3,21,22,23). The molecule has 0 heterocycles.